The topological polar surface area (TPSA) is 43.2 Å². The molecule has 0 aliphatic carbocycles. The molecule has 0 fully saturated rings. The normalized spacial score (nSPS) is 28.6. The van der Waals surface area contributed by atoms with Crippen LogP contribution in [0, 0.1) is 10.8 Å². The first-order valence-electron chi connectivity index (χ1n) is 6.59. The summed E-state index contributed by atoms with van der Waals surface area (Å²) in [5, 5.41) is 0. The molecule has 0 saturated carbocycles. The van der Waals surface area contributed by atoms with Crippen molar-refractivity contribution in [2.45, 2.75) is 53.6 Å². The molecule has 0 bridgehead atoms. The van der Waals surface area contributed by atoms with Crippen LogP contribution >= 0.6 is 0 Å². The zero-order valence-electron chi connectivity index (χ0n) is 12.3. The van der Waals surface area contributed by atoms with Crippen LogP contribution in [-0.4, -0.2) is 37.1 Å². The lowest BCUT2D eigenvalue weighted by molar-refractivity contribution is 0.225. The lowest BCUT2D eigenvalue weighted by atomic mass is 9.88. The first kappa shape index (κ1) is 13.4. The SMILES string of the molecule is CC(C)(C)C1COC(C2=NC(C(C)(C)C)CO2)=N1. The van der Waals surface area contributed by atoms with Crippen molar-refractivity contribution < 1.29 is 9.47 Å². The highest BCUT2D eigenvalue weighted by atomic mass is 16.5. The van der Waals surface area contributed by atoms with Gasteiger partial charge in [-0.05, 0) is 10.8 Å². The van der Waals surface area contributed by atoms with Crippen molar-refractivity contribution in [1.29, 1.82) is 0 Å². The third kappa shape index (κ3) is 2.68. The van der Waals surface area contributed by atoms with Crippen LogP contribution in [0.4, 0.5) is 0 Å². The van der Waals surface area contributed by atoms with Crippen LogP contribution in [0.3, 0.4) is 0 Å². The quantitative estimate of drug-likeness (QED) is 0.720. The predicted molar refractivity (Wildman–Crippen MR) is 73.3 cm³/mol. The van der Waals surface area contributed by atoms with E-state index in [4.69, 9.17) is 9.47 Å². The van der Waals surface area contributed by atoms with E-state index >= 15 is 0 Å². The smallest absolute Gasteiger partial charge is 0.273 e. The number of aliphatic imine (C=N–C) groups is 2. The fourth-order valence-electron chi connectivity index (χ4n) is 1.87. The Bertz CT molecular complexity index is 348. The second-order valence-corrected chi connectivity index (χ2v) is 7.25. The molecule has 2 unspecified atom stereocenters. The van der Waals surface area contributed by atoms with Gasteiger partial charge in [-0.15, -0.1) is 0 Å². The van der Waals surface area contributed by atoms with Crippen molar-refractivity contribution in [2.75, 3.05) is 13.2 Å². The average Bonchev–Trinajstić information content (AvgIpc) is 2.84. The minimum Gasteiger partial charge on any atom is -0.472 e. The molecule has 0 aromatic heterocycles. The van der Waals surface area contributed by atoms with Gasteiger partial charge in [0, 0.05) is 0 Å². The third-order valence-electron chi connectivity index (χ3n) is 3.48. The van der Waals surface area contributed by atoms with E-state index in [-0.39, 0.29) is 22.9 Å². The summed E-state index contributed by atoms with van der Waals surface area (Å²) in [6.07, 6.45) is 0. The molecule has 0 spiro atoms. The Labute approximate surface area is 109 Å². The van der Waals surface area contributed by atoms with Gasteiger partial charge in [0.05, 0.1) is 12.1 Å². The van der Waals surface area contributed by atoms with Gasteiger partial charge in [0.25, 0.3) is 11.8 Å². The molecule has 0 aromatic rings. The Morgan fingerprint density at radius 3 is 1.33 bits per heavy atom. The number of nitrogens with zero attached hydrogens (tertiary/aromatic N) is 2. The van der Waals surface area contributed by atoms with Gasteiger partial charge in [0.15, 0.2) is 0 Å². The Balaban J connectivity index is 2.11. The number of ether oxygens (including phenoxy) is 2. The highest BCUT2D eigenvalue weighted by Crippen LogP contribution is 2.29. The summed E-state index contributed by atoms with van der Waals surface area (Å²) in [6, 6.07) is 0.375. The van der Waals surface area contributed by atoms with Gasteiger partial charge in [0.2, 0.25) is 0 Å². The van der Waals surface area contributed by atoms with E-state index < -0.39 is 0 Å². The van der Waals surface area contributed by atoms with Crippen LogP contribution in [0.2, 0.25) is 0 Å². The highest BCUT2D eigenvalue weighted by molar-refractivity contribution is 6.36. The van der Waals surface area contributed by atoms with Crippen LogP contribution in [-0.2, 0) is 9.47 Å². The summed E-state index contributed by atoms with van der Waals surface area (Å²) in [5.74, 6) is 1.17. The van der Waals surface area contributed by atoms with Crippen LogP contribution in [0.1, 0.15) is 41.5 Å². The maximum absolute atomic E-state index is 5.63. The van der Waals surface area contributed by atoms with Crippen molar-refractivity contribution in [3.63, 3.8) is 0 Å². The molecule has 18 heavy (non-hydrogen) atoms. The van der Waals surface area contributed by atoms with E-state index in [0.717, 1.165) is 0 Å². The molecule has 2 aliphatic heterocycles. The van der Waals surface area contributed by atoms with Gasteiger partial charge in [-0.2, -0.15) is 0 Å². The summed E-state index contributed by atoms with van der Waals surface area (Å²) in [6.45, 7) is 14.3. The lowest BCUT2D eigenvalue weighted by Gasteiger charge is -2.21. The van der Waals surface area contributed by atoms with Gasteiger partial charge in [0.1, 0.15) is 13.2 Å². The molecule has 0 amide bonds. The first-order valence-corrected chi connectivity index (χ1v) is 6.59. The third-order valence-corrected chi connectivity index (χ3v) is 3.48. The van der Waals surface area contributed by atoms with E-state index in [1.807, 2.05) is 0 Å². The van der Waals surface area contributed by atoms with Gasteiger partial charge in [-0.25, -0.2) is 9.98 Å². The van der Waals surface area contributed by atoms with E-state index in [2.05, 4.69) is 51.5 Å². The van der Waals surface area contributed by atoms with E-state index in [1.165, 1.54) is 0 Å². The summed E-state index contributed by atoms with van der Waals surface area (Å²) >= 11 is 0. The molecule has 0 aromatic carbocycles. The molecule has 0 N–H and O–H groups in total. The molecule has 2 rings (SSSR count). The van der Waals surface area contributed by atoms with Crippen molar-refractivity contribution in [2.24, 2.45) is 20.8 Å². The zero-order valence-corrected chi connectivity index (χ0v) is 12.3. The standard InChI is InChI=1S/C14H24N2O2/c1-13(2,3)9-7-17-11(15-9)12-16-10(8-18-12)14(4,5)6/h9-10H,7-8H2,1-6H3. The molecule has 2 aliphatic rings. The lowest BCUT2D eigenvalue weighted by Crippen LogP contribution is -2.25. The van der Waals surface area contributed by atoms with Crippen molar-refractivity contribution in [3.05, 3.63) is 0 Å². The summed E-state index contributed by atoms with van der Waals surface area (Å²) in [7, 11) is 0. The van der Waals surface area contributed by atoms with Gasteiger partial charge >= 0.3 is 0 Å². The largest absolute Gasteiger partial charge is 0.472 e. The summed E-state index contributed by atoms with van der Waals surface area (Å²) in [4.78, 5) is 9.19. The van der Waals surface area contributed by atoms with Crippen LogP contribution in [0.15, 0.2) is 9.98 Å². The molecule has 4 nitrogen and oxygen atoms in total. The monoisotopic (exact) mass is 252 g/mol. The van der Waals surface area contributed by atoms with E-state index in [0.29, 0.717) is 25.0 Å². The minimum absolute atomic E-state index is 0.115. The van der Waals surface area contributed by atoms with Crippen LogP contribution < -0.4 is 0 Å². The van der Waals surface area contributed by atoms with E-state index in [1.54, 1.807) is 0 Å². The molecular formula is C14H24N2O2. The summed E-state index contributed by atoms with van der Waals surface area (Å²) < 4.78 is 11.3. The Kier molecular flexibility index (Phi) is 3.16. The average molecular weight is 252 g/mol. The number of hydrogen-bond acceptors (Lipinski definition) is 4. The zero-order chi connectivity index (χ0) is 13.6. The van der Waals surface area contributed by atoms with Crippen LogP contribution in [0.5, 0.6) is 0 Å². The van der Waals surface area contributed by atoms with Gasteiger partial charge < -0.3 is 9.47 Å². The molecule has 0 saturated heterocycles. The summed E-state index contributed by atoms with van der Waals surface area (Å²) in [5.41, 5.74) is 0.231. The van der Waals surface area contributed by atoms with Gasteiger partial charge in [-0.1, -0.05) is 41.5 Å². The van der Waals surface area contributed by atoms with Crippen molar-refractivity contribution in [1.82, 2.24) is 0 Å². The van der Waals surface area contributed by atoms with Gasteiger partial charge in [-0.3, -0.25) is 0 Å². The van der Waals surface area contributed by atoms with Crippen molar-refractivity contribution in [3.8, 4) is 0 Å². The predicted octanol–water partition coefficient (Wildman–Crippen LogP) is 2.67. The molecule has 102 valence electrons. The molecule has 2 atom stereocenters. The second-order valence-electron chi connectivity index (χ2n) is 7.25. The Morgan fingerprint density at radius 2 is 1.11 bits per heavy atom. The maximum Gasteiger partial charge on any atom is 0.273 e. The fourth-order valence-corrected chi connectivity index (χ4v) is 1.87. The Morgan fingerprint density at radius 1 is 0.778 bits per heavy atom. The first-order chi connectivity index (χ1) is 8.18. The van der Waals surface area contributed by atoms with Crippen molar-refractivity contribution >= 4 is 11.8 Å². The maximum atomic E-state index is 5.63. The minimum atomic E-state index is 0.115. The molecule has 4 heteroatoms. The highest BCUT2D eigenvalue weighted by Gasteiger charge is 2.37. The number of hydrogen-bond donors (Lipinski definition) is 0. The number of rotatable bonds is 1. The molecule has 2 heterocycles. The van der Waals surface area contributed by atoms with Crippen LogP contribution in [0.25, 0.3) is 0 Å². The molecule has 0 radical (unpaired) electrons. The second kappa shape index (κ2) is 4.25. The Hall–Kier alpha value is -1.06. The molecular weight excluding hydrogens is 228 g/mol. The van der Waals surface area contributed by atoms with E-state index in [9.17, 15) is 0 Å². The fraction of sp³-hybridized carbons (Fsp3) is 0.857.